The molecule has 2 heterocycles. The average molecular weight is 274 g/mol. The van der Waals surface area contributed by atoms with Gasteiger partial charge >= 0.3 is 0 Å². The van der Waals surface area contributed by atoms with Crippen LogP contribution in [0.15, 0.2) is 53.4 Å². The van der Waals surface area contributed by atoms with Crippen molar-refractivity contribution in [2.75, 3.05) is 0 Å². The third-order valence-electron chi connectivity index (χ3n) is 2.40. The van der Waals surface area contributed by atoms with Crippen molar-refractivity contribution in [1.82, 2.24) is 14.5 Å². The average Bonchev–Trinajstić information content (AvgIpc) is 2.73. The van der Waals surface area contributed by atoms with E-state index in [1.165, 1.54) is 0 Å². The summed E-state index contributed by atoms with van der Waals surface area (Å²) >= 11 is 3.37. The second-order valence-corrected chi connectivity index (χ2v) is 4.24. The minimum absolute atomic E-state index is 0.817. The van der Waals surface area contributed by atoms with Crippen molar-refractivity contribution in [2.24, 2.45) is 0 Å². The highest BCUT2D eigenvalue weighted by atomic mass is 79.9. The Balaban J connectivity index is 2.29. The van der Waals surface area contributed by atoms with Gasteiger partial charge in [-0.05, 0) is 40.2 Å². The number of hydrogen-bond acceptors (Lipinski definition) is 2. The minimum Gasteiger partial charge on any atom is -0.283 e. The molecule has 0 amide bonds. The van der Waals surface area contributed by atoms with Gasteiger partial charge in [-0.15, -0.1) is 0 Å². The molecule has 0 aliphatic heterocycles. The predicted octanol–water partition coefficient (Wildman–Crippen LogP) is 3.18. The van der Waals surface area contributed by atoms with E-state index < -0.39 is 0 Å². The van der Waals surface area contributed by atoms with Gasteiger partial charge in [-0.25, -0.2) is 9.97 Å². The van der Waals surface area contributed by atoms with Crippen LogP contribution in [0, 0.1) is 0 Å². The molecule has 0 atom stereocenters. The fraction of sp³-hybridized carbons (Fsp3) is 0. The molecule has 0 aliphatic carbocycles. The van der Waals surface area contributed by atoms with Crippen LogP contribution in [-0.4, -0.2) is 14.5 Å². The maximum absolute atomic E-state index is 4.43. The molecule has 0 radical (unpaired) electrons. The predicted molar refractivity (Wildman–Crippen MR) is 66.6 cm³/mol. The highest BCUT2D eigenvalue weighted by Crippen LogP contribution is 2.18. The normalized spacial score (nSPS) is 10.8. The standard InChI is InChI=1S/C12H8BrN3/c13-11-7-6-10-12(15-11)16(8-14-10)9-4-2-1-3-5-9/h1-8H. The largest absolute Gasteiger partial charge is 0.283 e. The Kier molecular flexibility index (Phi) is 2.22. The summed E-state index contributed by atoms with van der Waals surface area (Å²) in [6.45, 7) is 0. The Morgan fingerprint density at radius 3 is 2.62 bits per heavy atom. The van der Waals surface area contributed by atoms with Gasteiger partial charge in [0.1, 0.15) is 16.4 Å². The first kappa shape index (κ1) is 9.54. The van der Waals surface area contributed by atoms with Gasteiger partial charge in [0.2, 0.25) is 0 Å². The lowest BCUT2D eigenvalue weighted by Crippen LogP contribution is -1.93. The molecule has 16 heavy (non-hydrogen) atoms. The summed E-state index contributed by atoms with van der Waals surface area (Å²) in [4.78, 5) is 8.74. The van der Waals surface area contributed by atoms with E-state index in [2.05, 4.69) is 25.9 Å². The van der Waals surface area contributed by atoms with E-state index in [9.17, 15) is 0 Å². The lowest BCUT2D eigenvalue weighted by molar-refractivity contribution is 1.06. The number of halogens is 1. The molecular formula is C12H8BrN3. The molecule has 78 valence electrons. The van der Waals surface area contributed by atoms with Crippen LogP contribution in [0.2, 0.25) is 0 Å². The van der Waals surface area contributed by atoms with Crippen molar-refractivity contribution < 1.29 is 0 Å². The summed E-state index contributed by atoms with van der Waals surface area (Å²) in [6.07, 6.45) is 1.79. The van der Waals surface area contributed by atoms with E-state index in [-0.39, 0.29) is 0 Å². The van der Waals surface area contributed by atoms with Gasteiger partial charge in [0.15, 0.2) is 5.65 Å². The fourth-order valence-electron chi connectivity index (χ4n) is 1.65. The highest BCUT2D eigenvalue weighted by molar-refractivity contribution is 9.10. The van der Waals surface area contributed by atoms with Gasteiger partial charge in [0.05, 0.1) is 0 Å². The summed E-state index contributed by atoms with van der Waals surface area (Å²) in [5, 5.41) is 0. The summed E-state index contributed by atoms with van der Waals surface area (Å²) in [6, 6.07) is 13.9. The zero-order chi connectivity index (χ0) is 11.0. The molecule has 0 N–H and O–H groups in total. The third kappa shape index (κ3) is 1.51. The first-order valence-electron chi connectivity index (χ1n) is 4.89. The molecule has 0 spiro atoms. The van der Waals surface area contributed by atoms with Gasteiger partial charge in [-0.1, -0.05) is 18.2 Å². The number of aromatic nitrogens is 3. The number of benzene rings is 1. The first-order valence-corrected chi connectivity index (χ1v) is 5.69. The monoisotopic (exact) mass is 273 g/mol. The van der Waals surface area contributed by atoms with Crippen molar-refractivity contribution in [3.8, 4) is 5.69 Å². The number of nitrogens with zero attached hydrogens (tertiary/aromatic N) is 3. The molecule has 3 aromatic rings. The van der Waals surface area contributed by atoms with Gasteiger partial charge < -0.3 is 0 Å². The Bertz CT molecular complexity index is 631. The molecule has 4 heteroatoms. The molecule has 1 aromatic carbocycles. The number of para-hydroxylation sites is 1. The second-order valence-electron chi connectivity index (χ2n) is 3.43. The molecule has 3 rings (SSSR count). The number of pyridine rings is 1. The summed E-state index contributed by atoms with van der Waals surface area (Å²) in [5.41, 5.74) is 2.82. The molecule has 0 saturated carbocycles. The first-order chi connectivity index (χ1) is 7.84. The fourth-order valence-corrected chi connectivity index (χ4v) is 1.95. The van der Waals surface area contributed by atoms with Crippen LogP contribution in [-0.2, 0) is 0 Å². The van der Waals surface area contributed by atoms with Crippen LogP contribution in [0.5, 0.6) is 0 Å². The topological polar surface area (TPSA) is 30.7 Å². The van der Waals surface area contributed by atoms with Gasteiger partial charge in [-0.2, -0.15) is 0 Å². The molecule has 2 aromatic heterocycles. The van der Waals surface area contributed by atoms with E-state index in [1.54, 1.807) is 6.33 Å². The Morgan fingerprint density at radius 1 is 1.00 bits per heavy atom. The molecular weight excluding hydrogens is 266 g/mol. The molecule has 0 bridgehead atoms. The molecule has 3 nitrogen and oxygen atoms in total. The minimum atomic E-state index is 0.817. The maximum Gasteiger partial charge on any atom is 0.165 e. The number of imidazole rings is 1. The van der Waals surface area contributed by atoms with Crippen LogP contribution in [0.3, 0.4) is 0 Å². The maximum atomic E-state index is 4.43. The van der Waals surface area contributed by atoms with E-state index in [4.69, 9.17) is 0 Å². The Hall–Kier alpha value is -1.68. The van der Waals surface area contributed by atoms with Gasteiger partial charge in [0.25, 0.3) is 0 Å². The van der Waals surface area contributed by atoms with E-state index in [1.807, 2.05) is 47.0 Å². The van der Waals surface area contributed by atoms with Crippen LogP contribution in [0.4, 0.5) is 0 Å². The quantitative estimate of drug-likeness (QED) is 0.638. The zero-order valence-electron chi connectivity index (χ0n) is 8.34. The zero-order valence-corrected chi connectivity index (χ0v) is 9.92. The number of hydrogen-bond donors (Lipinski definition) is 0. The van der Waals surface area contributed by atoms with Crippen molar-refractivity contribution in [1.29, 1.82) is 0 Å². The lowest BCUT2D eigenvalue weighted by atomic mass is 10.3. The van der Waals surface area contributed by atoms with Crippen LogP contribution < -0.4 is 0 Å². The van der Waals surface area contributed by atoms with Gasteiger partial charge in [-0.3, -0.25) is 4.57 Å². The van der Waals surface area contributed by atoms with Crippen molar-refractivity contribution in [2.45, 2.75) is 0 Å². The van der Waals surface area contributed by atoms with Gasteiger partial charge in [0, 0.05) is 5.69 Å². The van der Waals surface area contributed by atoms with Crippen LogP contribution in [0.1, 0.15) is 0 Å². The molecule has 0 fully saturated rings. The summed E-state index contributed by atoms with van der Waals surface area (Å²) in [7, 11) is 0. The van der Waals surface area contributed by atoms with Crippen molar-refractivity contribution >= 4 is 27.1 Å². The summed E-state index contributed by atoms with van der Waals surface area (Å²) < 4.78 is 2.79. The van der Waals surface area contributed by atoms with Crippen LogP contribution in [0.25, 0.3) is 16.9 Å². The SMILES string of the molecule is Brc1ccc2ncn(-c3ccccc3)c2n1. The Morgan fingerprint density at radius 2 is 1.81 bits per heavy atom. The third-order valence-corrected chi connectivity index (χ3v) is 2.84. The Labute approximate surface area is 101 Å². The van der Waals surface area contributed by atoms with Crippen molar-refractivity contribution in [3.05, 3.63) is 53.4 Å². The molecule has 0 unspecified atom stereocenters. The summed E-state index contributed by atoms with van der Waals surface area (Å²) in [5.74, 6) is 0. The lowest BCUT2D eigenvalue weighted by Gasteiger charge is -2.02. The highest BCUT2D eigenvalue weighted by Gasteiger charge is 2.05. The second kappa shape index (κ2) is 3.72. The van der Waals surface area contributed by atoms with Crippen molar-refractivity contribution in [3.63, 3.8) is 0 Å². The van der Waals surface area contributed by atoms with Crippen LogP contribution >= 0.6 is 15.9 Å². The number of rotatable bonds is 1. The molecule has 0 saturated heterocycles. The van der Waals surface area contributed by atoms with E-state index in [0.717, 1.165) is 21.5 Å². The van der Waals surface area contributed by atoms with E-state index in [0.29, 0.717) is 0 Å². The smallest absolute Gasteiger partial charge is 0.165 e. The number of fused-ring (bicyclic) bond motifs is 1. The molecule has 0 aliphatic rings. The van der Waals surface area contributed by atoms with E-state index >= 15 is 0 Å².